The molecule has 1 aromatic heterocycles. The van der Waals surface area contributed by atoms with Crippen LogP contribution in [0.3, 0.4) is 0 Å². The smallest absolute Gasteiger partial charge is 0.223 e. The lowest BCUT2D eigenvalue weighted by atomic mass is 10.0. The molecule has 0 saturated carbocycles. The molecule has 1 aliphatic heterocycles. The fourth-order valence-corrected chi connectivity index (χ4v) is 3.52. The van der Waals surface area contributed by atoms with Crippen LogP contribution in [0.2, 0.25) is 0 Å². The second-order valence-electron chi connectivity index (χ2n) is 6.93. The highest BCUT2D eigenvalue weighted by Gasteiger charge is 2.25. The van der Waals surface area contributed by atoms with Gasteiger partial charge in [0.1, 0.15) is 5.76 Å². The highest BCUT2D eigenvalue weighted by atomic mass is 16.3. The highest BCUT2D eigenvalue weighted by molar-refractivity contribution is 5.76. The highest BCUT2D eigenvalue weighted by Crippen LogP contribution is 2.17. The topological polar surface area (TPSA) is 36.7 Å². The molecule has 4 heteroatoms. The lowest BCUT2D eigenvalue weighted by Gasteiger charge is -2.37. The summed E-state index contributed by atoms with van der Waals surface area (Å²) in [6, 6.07) is 14.9. The fourth-order valence-electron chi connectivity index (χ4n) is 3.52. The molecule has 0 N–H and O–H groups in total. The average Bonchev–Trinajstić information content (AvgIpc) is 3.18. The summed E-state index contributed by atoms with van der Waals surface area (Å²) in [7, 11) is 2.18. The van der Waals surface area contributed by atoms with E-state index in [0.717, 1.165) is 38.2 Å². The minimum atomic E-state index is 0.248. The maximum atomic E-state index is 12.5. The van der Waals surface area contributed by atoms with E-state index in [-0.39, 0.29) is 5.91 Å². The van der Waals surface area contributed by atoms with Gasteiger partial charge >= 0.3 is 0 Å². The number of hydrogen-bond acceptors (Lipinski definition) is 3. The molecule has 1 saturated heterocycles. The quantitative estimate of drug-likeness (QED) is 0.775. The van der Waals surface area contributed by atoms with Crippen LogP contribution in [0.1, 0.15) is 30.6 Å². The Morgan fingerprint density at radius 3 is 2.80 bits per heavy atom. The molecular weight excluding hydrogens is 312 g/mol. The average molecular weight is 340 g/mol. The zero-order chi connectivity index (χ0) is 17.5. The molecule has 0 unspecified atom stereocenters. The van der Waals surface area contributed by atoms with Gasteiger partial charge in [0.05, 0.1) is 6.26 Å². The van der Waals surface area contributed by atoms with Gasteiger partial charge in [0.2, 0.25) is 5.91 Å². The molecule has 4 nitrogen and oxygen atoms in total. The molecule has 2 heterocycles. The van der Waals surface area contributed by atoms with E-state index in [9.17, 15) is 4.79 Å². The SMILES string of the molecule is CN(CCc1ccccc1)[C@@H]1CCCN(C(=O)CCc2ccco2)C1. The third kappa shape index (κ3) is 5.20. The second-order valence-corrected chi connectivity index (χ2v) is 6.93. The van der Waals surface area contributed by atoms with E-state index in [1.54, 1.807) is 6.26 Å². The van der Waals surface area contributed by atoms with Crippen molar-refractivity contribution in [1.29, 1.82) is 0 Å². The summed E-state index contributed by atoms with van der Waals surface area (Å²) < 4.78 is 5.33. The van der Waals surface area contributed by atoms with Gasteiger partial charge in [-0.1, -0.05) is 30.3 Å². The number of hydrogen-bond donors (Lipinski definition) is 0. The summed E-state index contributed by atoms with van der Waals surface area (Å²) in [5, 5.41) is 0. The number of likely N-dealkylation sites (N-methyl/N-ethyl adjacent to an activating group) is 1. The Hall–Kier alpha value is -2.07. The van der Waals surface area contributed by atoms with Crippen molar-refractivity contribution < 1.29 is 9.21 Å². The van der Waals surface area contributed by atoms with Crippen LogP contribution >= 0.6 is 0 Å². The summed E-state index contributed by atoms with van der Waals surface area (Å²) in [5.41, 5.74) is 1.37. The van der Waals surface area contributed by atoms with Crippen molar-refractivity contribution in [3.05, 3.63) is 60.1 Å². The van der Waals surface area contributed by atoms with Crippen molar-refractivity contribution in [3.8, 4) is 0 Å². The van der Waals surface area contributed by atoms with Gasteiger partial charge in [-0.2, -0.15) is 0 Å². The molecule has 1 amide bonds. The van der Waals surface area contributed by atoms with Crippen molar-refractivity contribution in [2.24, 2.45) is 0 Å². The first-order valence-corrected chi connectivity index (χ1v) is 9.26. The van der Waals surface area contributed by atoms with Gasteiger partial charge < -0.3 is 14.2 Å². The van der Waals surface area contributed by atoms with Crippen molar-refractivity contribution in [2.75, 3.05) is 26.7 Å². The third-order valence-electron chi connectivity index (χ3n) is 5.13. The van der Waals surface area contributed by atoms with Gasteiger partial charge in [0, 0.05) is 38.5 Å². The number of aryl methyl sites for hydroxylation is 1. The van der Waals surface area contributed by atoms with Crippen molar-refractivity contribution >= 4 is 5.91 Å². The molecule has 0 radical (unpaired) electrons. The first kappa shape index (κ1) is 17.7. The zero-order valence-electron chi connectivity index (χ0n) is 15.1. The van der Waals surface area contributed by atoms with Crippen molar-refractivity contribution in [1.82, 2.24) is 9.80 Å². The lowest BCUT2D eigenvalue weighted by molar-refractivity contribution is -0.133. The van der Waals surface area contributed by atoms with Gasteiger partial charge in [-0.05, 0) is 44.0 Å². The lowest BCUT2D eigenvalue weighted by Crippen LogP contribution is -2.49. The molecule has 3 rings (SSSR count). The van der Waals surface area contributed by atoms with Crippen LogP contribution < -0.4 is 0 Å². The molecule has 0 bridgehead atoms. The minimum Gasteiger partial charge on any atom is -0.469 e. The van der Waals surface area contributed by atoms with Gasteiger partial charge in [0.25, 0.3) is 0 Å². The van der Waals surface area contributed by atoms with Crippen LogP contribution in [0.15, 0.2) is 53.1 Å². The number of benzene rings is 1. The molecule has 25 heavy (non-hydrogen) atoms. The van der Waals surface area contributed by atoms with Gasteiger partial charge in [-0.15, -0.1) is 0 Å². The number of rotatable bonds is 7. The fraction of sp³-hybridized carbons (Fsp3) is 0.476. The molecule has 0 spiro atoms. The van der Waals surface area contributed by atoms with Crippen LogP contribution in [0.4, 0.5) is 0 Å². The number of likely N-dealkylation sites (tertiary alicyclic amines) is 1. The zero-order valence-corrected chi connectivity index (χ0v) is 15.1. The Labute approximate surface area is 150 Å². The molecule has 1 atom stereocenters. The Kier molecular flexibility index (Phi) is 6.29. The van der Waals surface area contributed by atoms with Gasteiger partial charge in [0.15, 0.2) is 0 Å². The standard InChI is InChI=1S/C21H28N2O2/c1-22(15-13-18-7-3-2-4-8-18)19-9-5-14-23(17-19)21(24)12-11-20-10-6-16-25-20/h2-4,6-8,10,16,19H,5,9,11-15,17H2,1H3/t19-/m1/s1. The number of carbonyl (C=O) groups excluding carboxylic acids is 1. The summed E-state index contributed by atoms with van der Waals surface area (Å²) in [5.74, 6) is 1.14. The van der Waals surface area contributed by atoms with E-state index in [1.165, 1.54) is 12.0 Å². The molecule has 1 fully saturated rings. The third-order valence-corrected chi connectivity index (χ3v) is 5.13. The summed E-state index contributed by atoms with van der Waals surface area (Å²) in [6.07, 6.45) is 6.21. The first-order chi connectivity index (χ1) is 12.2. The number of nitrogens with zero attached hydrogens (tertiary/aromatic N) is 2. The van der Waals surface area contributed by atoms with E-state index in [0.29, 0.717) is 18.9 Å². The normalized spacial score (nSPS) is 17.8. The second kappa shape index (κ2) is 8.86. The maximum Gasteiger partial charge on any atom is 0.223 e. The summed E-state index contributed by atoms with van der Waals surface area (Å²) in [4.78, 5) is 17.0. The monoisotopic (exact) mass is 340 g/mol. The molecule has 0 aliphatic carbocycles. The van der Waals surface area contributed by atoms with Crippen LogP contribution in [-0.2, 0) is 17.6 Å². The predicted molar refractivity (Wildman–Crippen MR) is 99.4 cm³/mol. The maximum absolute atomic E-state index is 12.5. The van der Waals surface area contributed by atoms with E-state index in [4.69, 9.17) is 4.42 Å². The van der Waals surface area contributed by atoms with Crippen LogP contribution in [0, 0.1) is 0 Å². The number of piperidine rings is 1. The Balaban J connectivity index is 1.45. The predicted octanol–water partition coefficient (Wildman–Crippen LogP) is 3.38. The van der Waals surface area contributed by atoms with E-state index < -0.39 is 0 Å². The van der Waals surface area contributed by atoms with Gasteiger partial charge in [-0.25, -0.2) is 0 Å². The molecular formula is C21H28N2O2. The minimum absolute atomic E-state index is 0.248. The Morgan fingerprint density at radius 1 is 1.20 bits per heavy atom. The number of furan rings is 1. The molecule has 1 aliphatic rings. The molecule has 2 aromatic rings. The summed E-state index contributed by atoms with van der Waals surface area (Å²) in [6.45, 7) is 2.77. The number of carbonyl (C=O) groups is 1. The van der Waals surface area contributed by atoms with Crippen LogP contribution in [0.25, 0.3) is 0 Å². The van der Waals surface area contributed by atoms with Crippen LogP contribution in [0.5, 0.6) is 0 Å². The molecule has 134 valence electrons. The van der Waals surface area contributed by atoms with Crippen molar-refractivity contribution in [3.63, 3.8) is 0 Å². The molecule has 1 aromatic carbocycles. The van der Waals surface area contributed by atoms with E-state index in [1.807, 2.05) is 17.0 Å². The van der Waals surface area contributed by atoms with E-state index >= 15 is 0 Å². The first-order valence-electron chi connectivity index (χ1n) is 9.26. The Bertz CT molecular complexity index is 639. The largest absolute Gasteiger partial charge is 0.469 e. The summed E-state index contributed by atoms with van der Waals surface area (Å²) >= 11 is 0. The van der Waals surface area contributed by atoms with E-state index in [2.05, 4.69) is 42.3 Å². The number of amides is 1. The van der Waals surface area contributed by atoms with Crippen LogP contribution in [-0.4, -0.2) is 48.4 Å². The van der Waals surface area contributed by atoms with Crippen molar-refractivity contribution in [2.45, 2.75) is 38.1 Å². The Morgan fingerprint density at radius 2 is 2.04 bits per heavy atom. The van der Waals surface area contributed by atoms with Gasteiger partial charge in [-0.3, -0.25) is 4.79 Å².